The first kappa shape index (κ1) is 10.9. The zero-order valence-electron chi connectivity index (χ0n) is 8.39. The van der Waals surface area contributed by atoms with Gasteiger partial charge in [0.25, 0.3) is 5.91 Å². The first-order valence-electron chi connectivity index (χ1n) is 4.47. The summed E-state index contributed by atoms with van der Waals surface area (Å²) >= 11 is 0. The molecule has 1 aliphatic rings. The second kappa shape index (κ2) is 3.46. The summed E-state index contributed by atoms with van der Waals surface area (Å²) in [4.78, 5) is 11.3. The van der Waals surface area contributed by atoms with Gasteiger partial charge < -0.3 is 10.4 Å². The molecular weight excluding hydrogens is 232 g/mol. The molecule has 1 aromatic carbocycles. The van der Waals surface area contributed by atoms with Crippen molar-refractivity contribution in [1.29, 1.82) is 0 Å². The Hall–Kier alpha value is -1.60. The van der Waals surface area contributed by atoms with Crippen molar-refractivity contribution in [3.05, 3.63) is 29.3 Å². The van der Waals surface area contributed by atoms with E-state index in [0.29, 0.717) is 16.8 Å². The summed E-state index contributed by atoms with van der Waals surface area (Å²) in [6, 6.07) is 4.37. The van der Waals surface area contributed by atoms with Crippen LogP contribution in [0.2, 0.25) is 0 Å². The van der Waals surface area contributed by atoms with Gasteiger partial charge in [-0.1, -0.05) is 0 Å². The topological polar surface area (TPSA) is 95.5 Å². The van der Waals surface area contributed by atoms with Gasteiger partial charge in [0.15, 0.2) is 6.23 Å². The molecule has 0 radical (unpaired) electrons. The van der Waals surface area contributed by atoms with Crippen LogP contribution < -0.4 is 10.0 Å². The molecule has 6 nitrogen and oxygen atoms in total. The summed E-state index contributed by atoms with van der Waals surface area (Å²) in [5.41, 5.74) is 1.04. The van der Waals surface area contributed by atoms with Crippen LogP contribution in [0.5, 0.6) is 0 Å². The summed E-state index contributed by atoms with van der Waals surface area (Å²) in [6.07, 6.45) is -0.0520. The van der Waals surface area contributed by atoms with Gasteiger partial charge >= 0.3 is 0 Å². The van der Waals surface area contributed by atoms with Gasteiger partial charge in [-0.05, 0) is 18.2 Å². The maximum Gasteiger partial charge on any atom is 0.253 e. The lowest BCUT2D eigenvalue weighted by Crippen LogP contribution is -2.18. The minimum Gasteiger partial charge on any atom is -0.369 e. The normalized spacial score (nSPS) is 19.1. The zero-order valence-corrected chi connectivity index (χ0v) is 9.21. The Balaban J connectivity index is 2.41. The number of amides is 1. The molecule has 0 saturated heterocycles. The highest BCUT2D eigenvalue weighted by atomic mass is 32.2. The van der Waals surface area contributed by atoms with Crippen LogP contribution in [0, 0.1) is 0 Å². The summed E-state index contributed by atoms with van der Waals surface area (Å²) in [7, 11) is -3.36. The van der Waals surface area contributed by atoms with Crippen LogP contribution in [0.4, 0.5) is 5.69 Å². The minimum atomic E-state index is -3.36. The highest BCUT2D eigenvalue weighted by Crippen LogP contribution is 2.26. The number of aliphatic hydroxyl groups excluding tert-OH is 1. The van der Waals surface area contributed by atoms with E-state index in [1.54, 1.807) is 0 Å². The lowest BCUT2D eigenvalue weighted by Gasteiger charge is -2.07. The van der Waals surface area contributed by atoms with Crippen molar-refractivity contribution < 1.29 is 18.3 Å². The fraction of sp³-hybridized carbons (Fsp3) is 0.222. The van der Waals surface area contributed by atoms with E-state index in [1.807, 2.05) is 0 Å². The van der Waals surface area contributed by atoms with Crippen LogP contribution in [-0.2, 0) is 10.0 Å². The molecule has 0 aromatic heterocycles. The molecule has 3 N–H and O–H groups in total. The number of fused-ring (bicyclic) bond motifs is 1. The SMILES string of the molecule is CS(=O)(=O)Nc1ccc2c(c1)C(O)NC2=O. The maximum absolute atomic E-state index is 11.3. The summed E-state index contributed by atoms with van der Waals surface area (Å²) in [6.45, 7) is 0. The molecule has 1 aliphatic heterocycles. The first-order valence-corrected chi connectivity index (χ1v) is 6.36. The van der Waals surface area contributed by atoms with Crippen LogP contribution in [0.3, 0.4) is 0 Å². The molecule has 0 fully saturated rings. The van der Waals surface area contributed by atoms with E-state index in [1.165, 1.54) is 18.2 Å². The highest BCUT2D eigenvalue weighted by molar-refractivity contribution is 7.92. The van der Waals surface area contributed by atoms with Crippen LogP contribution in [0.1, 0.15) is 22.1 Å². The van der Waals surface area contributed by atoms with E-state index in [9.17, 15) is 18.3 Å². The van der Waals surface area contributed by atoms with E-state index in [2.05, 4.69) is 10.0 Å². The second-order valence-corrected chi connectivity index (χ2v) is 5.30. The summed E-state index contributed by atoms with van der Waals surface area (Å²) < 4.78 is 24.2. The standard InChI is InChI=1S/C9H10N2O4S/c1-16(14,15)11-5-2-3-6-7(4-5)9(13)10-8(6)12/h2-4,9,11,13H,1H3,(H,10,12). The lowest BCUT2D eigenvalue weighted by atomic mass is 10.1. The van der Waals surface area contributed by atoms with Gasteiger partial charge in [-0.15, -0.1) is 0 Å². The number of rotatable bonds is 2. The summed E-state index contributed by atoms with van der Waals surface area (Å²) in [5.74, 6) is -0.367. The van der Waals surface area contributed by atoms with Crippen LogP contribution >= 0.6 is 0 Å². The fourth-order valence-electron chi connectivity index (χ4n) is 1.55. The van der Waals surface area contributed by atoms with Crippen molar-refractivity contribution in [3.8, 4) is 0 Å². The third kappa shape index (κ3) is 2.00. The molecule has 1 amide bonds. The molecule has 16 heavy (non-hydrogen) atoms. The van der Waals surface area contributed by atoms with Crippen molar-refractivity contribution in [2.45, 2.75) is 6.23 Å². The molecule has 1 unspecified atom stereocenters. The monoisotopic (exact) mass is 242 g/mol. The quantitative estimate of drug-likeness (QED) is 0.668. The van der Waals surface area contributed by atoms with E-state index in [4.69, 9.17) is 0 Å². The Morgan fingerprint density at radius 2 is 2.12 bits per heavy atom. The van der Waals surface area contributed by atoms with Gasteiger partial charge in [-0.2, -0.15) is 0 Å². The number of sulfonamides is 1. The van der Waals surface area contributed by atoms with Gasteiger partial charge in [0.2, 0.25) is 10.0 Å². The molecule has 7 heteroatoms. The number of nitrogens with one attached hydrogen (secondary N) is 2. The van der Waals surface area contributed by atoms with Crippen molar-refractivity contribution in [2.75, 3.05) is 11.0 Å². The molecule has 1 aromatic rings. The Morgan fingerprint density at radius 1 is 1.44 bits per heavy atom. The molecule has 0 aliphatic carbocycles. The van der Waals surface area contributed by atoms with E-state index in [0.717, 1.165) is 6.26 Å². The summed E-state index contributed by atoms with van der Waals surface area (Å²) in [5, 5.41) is 11.8. The predicted octanol–water partition coefficient (Wildman–Crippen LogP) is -0.208. The number of carbonyl (C=O) groups excluding carboxylic acids is 1. The number of hydrogen-bond donors (Lipinski definition) is 3. The smallest absolute Gasteiger partial charge is 0.253 e. The second-order valence-electron chi connectivity index (χ2n) is 3.55. The highest BCUT2D eigenvalue weighted by Gasteiger charge is 2.26. The van der Waals surface area contributed by atoms with Gasteiger partial charge in [0.1, 0.15) is 0 Å². The molecule has 1 heterocycles. The first-order chi connectivity index (χ1) is 7.37. The molecule has 86 valence electrons. The van der Waals surface area contributed by atoms with Gasteiger partial charge in [-0.3, -0.25) is 9.52 Å². The number of aliphatic hydroxyl groups is 1. The van der Waals surface area contributed by atoms with Crippen molar-refractivity contribution in [3.63, 3.8) is 0 Å². The van der Waals surface area contributed by atoms with Gasteiger partial charge in [0, 0.05) is 16.8 Å². The van der Waals surface area contributed by atoms with Crippen LogP contribution in [-0.4, -0.2) is 25.7 Å². The van der Waals surface area contributed by atoms with E-state index >= 15 is 0 Å². The largest absolute Gasteiger partial charge is 0.369 e. The van der Waals surface area contributed by atoms with Crippen molar-refractivity contribution in [2.24, 2.45) is 0 Å². The van der Waals surface area contributed by atoms with Crippen molar-refractivity contribution in [1.82, 2.24) is 5.32 Å². The average molecular weight is 242 g/mol. The molecule has 0 spiro atoms. The van der Waals surface area contributed by atoms with Crippen LogP contribution in [0.25, 0.3) is 0 Å². The van der Waals surface area contributed by atoms with Gasteiger partial charge in [-0.25, -0.2) is 8.42 Å². The Labute approximate surface area is 92.3 Å². The maximum atomic E-state index is 11.3. The third-order valence-corrected chi connectivity index (χ3v) is 2.77. The zero-order chi connectivity index (χ0) is 11.9. The fourth-order valence-corrected chi connectivity index (χ4v) is 2.11. The Morgan fingerprint density at radius 3 is 2.75 bits per heavy atom. The molecule has 1 atom stereocenters. The van der Waals surface area contributed by atoms with Crippen molar-refractivity contribution >= 4 is 21.6 Å². The minimum absolute atomic E-state index is 0.316. The van der Waals surface area contributed by atoms with Crippen LogP contribution in [0.15, 0.2) is 18.2 Å². The molecular formula is C9H10N2O4S. The molecule has 0 bridgehead atoms. The number of anilines is 1. The number of hydrogen-bond acceptors (Lipinski definition) is 4. The van der Waals surface area contributed by atoms with E-state index in [-0.39, 0.29) is 5.91 Å². The Bertz CT molecular complexity index is 553. The van der Waals surface area contributed by atoms with Gasteiger partial charge in [0.05, 0.1) is 6.26 Å². The molecule has 2 rings (SSSR count). The average Bonchev–Trinajstić information content (AvgIpc) is 2.40. The molecule has 0 saturated carbocycles. The lowest BCUT2D eigenvalue weighted by molar-refractivity contribution is 0.0850. The number of carbonyl (C=O) groups is 1. The van der Waals surface area contributed by atoms with E-state index < -0.39 is 16.3 Å². The Kier molecular flexibility index (Phi) is 2.36. The predicted molar refractivity (Wildman–Crippen MR) is 57.3 cm³/mol. The third-order valence-electron chi connectivity index (χ3n) is 2.16. The number of benzene rings is 1.